The number of amides is 1. The number of hydrogen-bond acceptors (Lipinski definition) is 5. The lowest BCUT2D eigenvalue weighted by atomic mass is 10.1. The molecule has 0 saturated carbocycles. The smallest absolute Gasteiger partial charge is 0.302 e. The number of aromatic amines is 1. The summed E-state index contributed by atoms with van der Waals surface area (Å²) in [7, 11) is 0. The molecule has 1 amide bonds. The zero-order valence-corrected chi connectivity index (χ0v) is 17.2. The lowest BCUT2D eigenvalue weighted by molar-refractivity contribution is -0.113. The molecule has 2 aromatic heterocycles. The van der Waals surface area contributed by atoms with Crippen molar-refractivity contribution >= 4 is 34.7 Å². The zero-order valence-electron chi connectivity index (χ0n) is 16.4. The summed E-state index contributed by atoms with van der Waals surface area (Å²) in [6, 6.07) is 27.4. The molecular weight excluding hydrogens is 408 g/mol. The molecule has 5 aromatic rings. The fourth-order valence-electron chi connectivity index (χ4n) is 3.24. The fraction of sp³-hybridized carbons (Fsp3) is 0.0417. The number of para-hydroxylation sites is 2. The monoisotopic (exact) mass is 426 g/mol. The van der Waals surface area contributed by atoms with Crippen LogP contribution in [0.1, 0.15) is 0 Å². The SMILES string of the molecule is O=C(CSc1nc2ccccc2[nH]1)Nc1nc(-c2ccccc2)c(-c2ccccc2)o1. The van der Waals surface area contributed by atoms with Gasteiger partial charge in [0.1, 0.15) is 5.69 Å². The number of thioether (sulfide) groups is 1. The van der Waals surface area contributed by atoms with Crippen LogP contribution in [0, 0.1) is 0 Å². The third-order valence-electron chi connectivity index (χ3n) is 4.66. The van der Waals surface area contributed by atoms with Gasteiger partial charge in [-0.2, -0.15) is 4.98 Å². The lowest BCUT2D eigenvalue weighted by Crippen LogP contribution is -2.14. The highest BCUT2D eigenvalue weighted by atomic mass is 32.2. The summed E-state index contributed by atoms with van der Waals surface area (Å²) in [6.07, 6.45) is 0. The van der Waals surface area contributed by atoms with Crippen molar-refractivity contribution in [3.63, 3.8) is 0 Å². The van der Waals surface area contributed by atoms with Gasteiger partial charge >= 0.3 is 6.01 Å². The summed E-state index contributed by atoms with van der Waals surface area (Å²) in [5, 5.41) is 3.46. The van der Waals surface area contributed by atoms with Gasteiger partial charge in [0.25, 0.3) is 0 Å². The highest BCUT2D eigenvalue weighted by Crippen LogP contribution is 2.34. The third kappa shape index (κ3) is 4.22. The molecule has 0 aliphatic carbocycles. The average Bonchev–Trinajstić information content (AvgIpc) is 3.43. The Bertz CT molecular complexity index is 1240. The van der Waals surface area contributed by atoms with Crippen LogP contribution in [0.15, 0.2) is 94.5 Å². The zero-order chi connectivity index (χ0) is 21.0. The standard InChI is InChI=1S/C24H18N4O2S/c29-20(15-31-24-25-18-13-7-8-14-19(18)26-24)27-23-28-21(16-9-3-1-4-10-16)22(30-23)17-11-5-2-6-12-17/h1-14H,15H2,(H,25,26)(H,27,28,29). The van der Waals surface area contributed by atoms with Crippen LogP contribution in [0.25, 0.3) is 33.6 Å². The first-order chi connectivity index (χ1) is 15.3. The molecule has 2 N–H and O–H groups in total. The van der Waals surface area contributed by atoms with E-state index in [0.717, 1.165) is 22.2 Å². The number of carbonyl (C=O) groups is 1. The van der Waals surface area contributed by atoms with Gasteiger partial charge in [-0.1, -0.05) is 84.6 Å². The molecule has 7 heteroatoms. The molecule has 6 nitrogen and oxygen atoms in total. The van der Waals surface area contributed by atoms with E-state index >= 15 is 0 Å². The van der Waals surface area contributed by atoms with Crippen LogP contribution in [-0.2, 0) is 4.79 Å². The Kier molecular flexibility index (Phi) is 5.24. The first-order valence-corrected chi connectivity index (χ1v) is 10.7. The molecule has 31 heavy (non-hydrogen) atoms. The van der Waals surface area contributed by atoms with Crippen LogP contribution < -0.4 is 5.32 Å². The van der Waals surface area contributed by atoms with Gasteiger partial charge < -0.3 is 9.40 Å². The van der Waals surface area contributed by atoms with Crippen LogP contribution in [0.4, 0.5) is 6.01 Å². The lowest BCUT2D eigenvalue weighted by Gasteiger charge is -2.00. The number of nitrogens with one attached hydrogen (secondary N) is 2. The number of nitrogens with zero attached hydrogens (tertiary/aromatic N) is 2. The summed E-state index contributed by atoms with van der Waals surface area (Å²) in [4.78, 5) is 24.8. The van der Waals surface area contributed by atoms with Gasteiger partial charge in [-0.25, -0.2) is 4.98 Å². The van der Waals surface area contributed by atoms with Gasteiger partial charge in [-0.15, -0.1) is 0 Å². The van der Waals surface area contributed by atoms with Gasteiger partial charge in [-0.3, -0.25) is 10.1 Å². The molecule has 0 unspecified atom stereocenters. The van der Waals surface area contributed by atoms with Crippen molar-refractivity contribution in [1.29, 1.82) is 0 Å². The van der Waals surface area contributed by atoms with Crippen molar-refractivity contribution in [2.24, 2.45) is 0 Å². The van der Waals surface area contributed by atoms with Crippen molar-refractivity contribution in [1.82, 2.24) is 15.0 Å². The van der Waals surface area contributed by atoms with E-state index in [1.54, 1.807) is 0 Å². The molecule has 0 spiro atoms. The van der Waals surface area contributed by atoms with Crippen LogP contribution in [0.5, 0.6) is 0 Å². The van der Waals surface area contributed by atoms with Gasteiger partial charge in [0.15, 0.2) is 10.9 Å². The number of hydrogen-bond donors (Lipinski definition) is 2. The summed E-state index contributed by atoms with van der Waals surface area (Å²) in [6.45, 7) is 0. The highest BCUT2D eigenvalue weighted by molar-refractivity contribution is 7.99. The number of aromatic nitrogens is 3. The first kappa shape index (κ1) is 19.1. The van der Waals surface area contributed by atoms with E-state index in [1.165, 1.54) is 11.8 Å². The number of carbonyl (C=O) groups excluding carboxylic acids is 1. The molecule has 2 heterocycles. The molecule has 3 aromatic carbocycles. The van der Waals surface area contributed by atoms with Crippen LogP contribution >= 0.6 is 11.8 Å². The van der Waals surface area contributed by atoms with E-state index in [1.807, 2.05) is 84.9 Å². The normalized spacial score (nSPS) is 11.0. The van der Waals surface area contributed by atoms with Crippen LogP contribution in [0.3, 0.4) is 0 Å². The van der Waals surface area contributed by atoms with Crippen LogP contribution in [0.2, 0.25) is 0 Å². The molecule has 0 atom stereocenters. The maximum atomic E-state index is 12.5. The Morgan fingerprint density at radius 3 is 2.29 bits per heavy atom. The quantitative estimate of drug-likeness (QED) is 0.345. The van der Waals surface area contributed by atoms with Gasteiger partial charge in [0.05, 0.1) is 16.8 Å². The first-order valence-electron chi connectivity index (χ1n) is 9.75. The second kappa shape index (κ2) is 8.49. The van der Waals surface area contributed by atoms with E-state index in [9.17, 15) is 4.79 Å². The van der Waals surface area contributed by atoms with Crippen molar-refractivity contribution in [3.8, 4) is 22.6 Å². The second-order valence-corrected chi connectivity index (χ2v) is 7.79. The number of oxazole rings is 1. The number of imidazole rings is 1. The second-order valence-electron chi connectivity index (χ2n) is 6.82. The Hall–Kier alpha value is -3.84. The minimum absolute atomic E-state index is 0.174. The Balaban J connectivity index is 1.35. The Morgan fingerprint density at radius 1 is 0.871 bits per heavy atom. The molecule has 152 valence electrons. The Labute approximate surface area is 182 Å². The van der Waals surface area contributed by atoms with Crippen molar-refractivity contribution in [2.75, 3.05) is 11.1 Å². The van der Waals surface area contributed by atoms with Crippen molar-refractivity contribution < 1.29 is 9.21 Å². The van der Waals surface area contributed by atoms with E-state index in [4.69, 9.17) is 4.42 Å². The Morgan fingerprint density at radius 2 is 1.55 bits per heavy atom. The molecular formula is C24H18N4O2S. The minimum atomic E-state index is -0.217. The van der Waals surface area contributed by atoms with E-state index < -0.39 is 0 Å². The van der Waals surface area contributed by atoms with Gasteiger partial charge in [0.2, 0.25) is 5.91 Å². The molecule has 5 rings (SSSR count). The number of fused-ring (bicyclic) bond motifs is 1. The molecule has 0 aliphatic rings. The summed E-state index contributed by atoms with van der Waals surface area (Å²) < 4.78 is 5.95. The maximum absolute atomic E-state index is 12.5. The van der Waals surface area contributed by atoms with Gasteiger partial charge in [-0.05, 0) is 12.1 Å². The maximum Gasteiger partial charge on any atom is 0.302 e. The third-order valence-corrected chi connectivity index (χ3v) is 5.54. The number of rotatable bonds is 6. The van der Waals surface area contributed by atoms with Crippen molar-refractivity contribution in [3.05, 3.63) is 84.9 Å². The number of anilines is 1. The molecule has 0 fully saturated rings. The predicted octanol–water partition coefficient (Wildman–Crippen LogP) is 5.62. The molecule has 0 aliphatic heterocycles. The minimum Gasteiger partial charge on any atom is -0.423 e. The number of benzene rings is 3. The van der Waals surface area contributed by atoms with Crippen molar-refractivity contribution in [2.45, 2.75) is 5.16 Å². The molecule has 0 saturated heterocycles. The van der Waals surface area contributed by atoms with Crippen LogP contribution in [-0.4, -0.2) is 26.6 Å². The van der Waals surface area contributed by atoms with Gasteiger partial charge in [0, 0.05) is 11.1 Å². The summed E-state index contributed by atoms with van der Waals surface area (Å²) in [5.74, 6) is 0.585. The number of H-pyrrole nitrogens is 1. The summed E-state index contributed by atoms with van der Waals surface area (Å²) >= 11 is 1.33. The largest absolute Gasteiger partial charge is 0.423 e. The summed E-state index contributed by atoms with van der Waals surface area (Å²) in [5.41, 5.74) is 4.32. The highest BCUT2D eigenvalue weighted by Gasteiger charge is 2.18. The van der Waals surface area contributed by atoms with E-state index in [0.29, 0.717) is 16.6 Å². The predicted molar refractivity (Wildman–Crippen MR) is 123 cm³/mol. The fourth-order valence-corrected chi connectivity index (χ4v) is 3.92. The molecule has 0 radical (unpaired) electrons. The molecule has 0 bridgehead atoms. The topological polar surface area (TPSA) is 83.8 Å². The average molecular weight is 427 g/mol. The van der Waals surface area contributed by atoms with E-state index in [2.05, 4.69) is 20.3 Å². The van der Waals surface area contributed by atoms with E-state index in [-0.39, 0.29) is 17.7 Å².